The number of nitrogens with zero attached hydrogens (tertiary/aromatic N) is 1. The van der Waals surface area contributed by atoms with Crippen LogP contribution in [0.2, 0.25) is 0 Å². The van der Waals surface area contributed by atoms with E-state index < -0.39 is 0 Å². The monoisotopic (exact) mass is 171 g/mol. The van der Waals surface area contributed by atoms with Gasteiger partial charge in [-0.2, -0.15) is 0 Å². The Morgan fingerprint density at radius 1 is 1.46 bits per heavy atom. The molecule has 1 aliphatic rings. The third-order valence-electron chi connectivity index (χ3n) is 2.72. The largest absolute Gasteiger partial charge is 0.261 e. The molecule has 0 N–H and O–H groups in total. The van der Waals surface area contributed by atoms with E-state index in [9.17, 15) is 0 Å². The lowest BCUT2D eigenvalue weighted by molar-refractivity contribution is 0.624. The third kappa shape index (κ3) is 1.21. The van der Waals surface area contributed by atoms with Crippen LogP contribution in [-0.4, -0.2) is 6.21 Å². The quantitative estimate of drug-likeness (QED) is 0.575. The van der Waals surface area contributed by atoms with Gasteiger partial charge < -0.3 is 0 Å². The summed E-state index contributed by atoms with van der Waals surface area (Å²) in [5.74, 6) is 0. The van der Waals surface area contributed by atoms with Gasteiger partial charge in [0.15, 0.2) is 0 Å². The molecule has 1 atom stereocenters. The lowest BCUT2D eigenvalue weighted by Crippen LogP contribution is -2.21. The van der Waals surface area contributed by atoms with Crippen LogP contribution < -0.4 is 0 Å². The van der Waals surface area contributed by atoms with Crippen LogP contribution in [-0.2, 0) is 5.41 Å². The maximum atomic E-state index is 4.36. The molecule has 1 aromatic rings. The molecule has 1 unspecified atom stereocenters. The van der Waals surface area contributed by atoms with Gasteiger partial charge in [-0.05, 0) is 18.1 Å². The zero-order valence-electron chi connectivity index (χ0n) is 7.83. The van der Waals surface area contributed by atoms with E-state index in [-0.39, 0.29) is 5.41 Å². The zero-order valence-corrected chi connectivity index (χ0v) is 7.83. The molecule has 0 aromatic heterocycles. The third-order valence-corrected chi connectivity index (χ3v) is 2.72. The molecule has 1 nitrogen and oxygen atoms in total. The summed E-state index contributed by atoms with van der Waals surface area (Å²) in [4.78, 5) is 4.36. The predicted molar refractivity (Wildman–Crippen MR) is 56.8 cm³/mol. The van der Waals surface area contributed by atoms with Crippen molar-refractivity contribution < 1.29 is 0 Å². The first-order chi connectivity index (χ1) is 6.26. The fourth-order valence-corrected chi connectivity index (χ4v) is 1.71. The summed E-state index contributed by atoms with van der Waals surface area (Å²) in [7, 11) is 0. The van der Waals surface area contributed by atoms with Crippen molar-refractivity contribution in [2.45, 2.75) is 18.8 Å². The summed E-state index contributed by atoms with van der Waals surface area (Å²) in [5.41, 5.74) is 2.43. The van der Waals surface area contributed by atoms with Gasteiger partial charge in [-0.1, -0.05) is 31.2 Å². The number of aliphatic imine (C=N–C) groups is 1. The highest BCUT2D eigenvalue weighted by molar-refractivity contribution is 5.72. The minimum atomic E-state index is 0.0678. The van der Waals surface area contributed by atoms with Crippen LogP contribution in [0.3, 0.4) is 0 Å². The summed E-state index contributed by atoms with van der Waals surface area (Å²) in [6, 6.07) is 8.26. The van der Waals surface area contributed by atoms with Gasteiger partial charge in [0.2, 0.25) is 0 Å². The SMILES string of the molecule is C=CC1(C)CC=Nc2ccccc21. The number of benzene rings is 1. The summed E-state index contributed by atoms with van der Waals surface area (Å²) in [6.45, 7) is 6.09. The normalized spacial score (nSPS) is 25.3. The Morgan fingerprint density at radius 3 is 3.00 bits per heavy atom. The minimum absolute atomic E-state index is 0.0678. The molecule has 0 amide bonds. The van der Waals surface area contributed by atoms with E-state index in [2.05, 4.69) is 30.6 Å². The number of rotatable bonds is 1. The van der Waals surface area contributed by atoms with Gasteiger partial charge in [0.05, 0.1) is 5.69 Å². The van der Waals surface area contributed by atoms with Crippen LogP contribution in [0.1, 0.15) is 18.9 Å². The Hall–Kier alpha value is -1.37. The molecule has 1 heterocycles. The molecule has 13 heavy (non-hydrogen) atoms. The molecular formula is C12H13N. The summed E-state index contributed by atoms with van der Waals surface area (Å²) in [6.07, 6.45) is 4.94. The van der Waals surface area contributed by atoms with Crippen LogP contribution in [0.25, 0.3) is 0 Å². The number of hydrogen-bond donors (Lipinski definition) is 0. The van der Waals surface area contributed by atoms with Crippen molar-refractivity contribution in [3.63, 3.8) is 0 Å². The van der Waals surface area contributed by atoms with Gasteiger partial charge in [-0.25, -0.2) is 0 Å². The Bertz CT molecular complexity index is 365. The molecule has 0 radical (unpaired) electrons. The van der Waals surface area contributed by atoms with Crippen LogP contribution in [0.5, 0.6) is 0 Å². The van der Waals surface area contributed by atoms with Crippen LogP contribution >= 0.6 is 0 Å². The average Bonchev–Trinajstić information content (AvgIpc) is 2.19. The highest BCUT2D eigenvalue weighted by Gasteiger charge is 2.26. The molecule has 2 rings (SSSR count). The second-order valence-corrected chi connectivity index (χ2v) is 3.65. The molecule has 0 bridgehead atoms. The van der Waals surface area contributed by atoms with Gasteiger partial charge in [0.1, 0.15) is 0 Å². The van der Waals surface area contributed by atoms with E-state index in [0.717, 1.165) is 12.1 Å². The lowest BCUT2D eigenvalue weighted by Gasteiger charge is -2.28. The van der Waals surface area contributed by atoms with Crippen molar-refractivity contribution in [3.05, 3.63) is 42.5 Å². The Morgan fingerprint density at radius 2 is 2.23 bits per heavy atom. The van der Waals surface area contributed by atoms with E-state index in [1.807, 2.05) is 24.4 Å². The maximum Gasteiger partial charge on any atom is 0.0666 e. The second kappa shape index (κ2) is 2.84. The summed E-state index contributed by atoms with van der Waals surface area (Å²) >= 11 is 0. The zero-order chi connectivity index (χ0) is 9.31. The first kappa shape index (κ1) is 8.24. The van der Waals surface area contributed by atoms with E-state index in [0.29, 0.717) is 0 Å². The van der Waals surface area contributed by atoms with Crippen molar-refractivity contribution in [2.75, 3.05) is 0 Å². The first-order valence-corrected chi connectivity index (χ1v) is 4.52. The Balaban J connectivity index is 2.61. The van der Waals surface area contributed by atoms with Gasteiger partial charge in [0.25, 0.3) is 0 Å². The smallest absolute Gasteiger partial charge is 0.0666 e. The molecule has 1 aliphatic heterocycles. The topological polar surface area (TPSA) is 12.4 Å². The fourth-order valence-electron chi connectivity index (χ4n) is 1.71. The molecular weight excluding hydrogens is 158 g/mol. The summed E-state index contributed by atoms with van der Waals surface area (Å²) < 4.78 is 0. The Labute approximate surface area is 78.8 Å². The highest BCUT2D eigenvalue weighted by atomic mass is 14.7. The molecule has 66 valence electrons. The molecule has 0 fully saturated rings. The van der Waals surface area contributed by atoms with Crippen molar-refractivity contribution >= 4 is 11.9 Å². The number of fused-ring (bicyclic) bond motifs is 1. The van der Waals surface area contributed by atoms with Crippen LogP contribution in [0.15, 0.2) is 41.9 Å². The minimum Gasteiger partial charge on any atom is -0.261 e. The van der Waals surface area contributed by atoms with E-state index in [4.69, 9.17) is 0 Å². The summed E-state index contributed by atoms with van der Waals surface area (Å²) in [5, 5.41) is 0. The first-order valence-electron chi connectivity index (χ1n) is 4.52. The molecule has 1 aromatic carbocycles. The molecule has 0 spiro atoms. The van der Waals surface area contributed by atoms with Crippen LogP contribution in [0.4, 0.5) is 5.69 Å². The number of hydrogen-bond acceptors (Lipinski definition) is 1. The lowest BCUT2D eigenvalue weighted by atomic mass is 9.78. The molecule has 0 aliphatic carbocycles. The van der Waals surface area contributed by atoms with Crippen molar-refractivity contribution in [1.29, 1.82) is 0 Å². The average molecular weight is 171 g/mol. The van der Waals surface area contributed by atoms with Crippen molar-refractivity contribution in [3.8, 4) is 0 Å². The fraction of sp³-hybridized carbons (Fsp3) is 0.250. The maximum absolute atomic E-state index is 4.36. The van der Waals surface area contributed by atoms with Gasteiger partial charge >= 0.3 is 0 Å². The standard InChI is InChI=1S/C12H13N/c1-3-12(2)8-9-13-11-7-5-4-6-10(11)12/h3-7,9H,1,8H2,2H3. The van der Waals surface area contributed by atoms with Crippen LogP contribution in [0, 0.1) is 0 Å². The van der Waals surface area contributed by atoms with Crippen molar-refractivity contribution in [2.24, 2.45) is 4.99 Å². The van der Waals surface area contributed by atoms with Gasteiger partial charge in [-0.15, -0.1) is 6.58 Å². The van der Waals surface area contributed by atoms with E-state index in [1.165, 1.54) is 5.56 Å². The van der Waals surface area contributed by atoms with Gasteiger partial charge in [-0.3, -0.25) is 4.99 Å². The number of allylic oxidation sites excluding steroid dienone is 1. The van der Waals surface area contributed by atoms with Crippen molar-refractivity contribution in [1.82, 2.24) is 0 Å². The second-order valence-electron chi connectivity index (χ2n) is 3.65. The predicted octanol–water partition coefficient (Wildman–Crippen LogP) is 3.24. The van der Waals surface area contributed by atoms with E-state index >= 15 is 0 Å². The molecule has 0 saturated heterocycles. The van der Waals surface area contributed by atoms with E-state index in [1.54, 1.807) is 0 Å². The van der Waals surface area contributed by atoms with Gasteiger partial charge in [0, 0.05) is 11.6 Å². The molecule has 1 heteroatoms. The Kier molecular flexibility index (Phi) is 1.80. The highest BCUT2D eigenvalue weighted by Crippen LogP contribution is 2.37. The number of para-hydroxylation sites is 1. The molecule has 0 saturated carbocycles.